The van der Waals surface area contributed by atoms with Gasteiger partial charge in [0.1, 0.15) is 11.9 Å². The van der Waals surface area contributed by atoms with Crippen LogP contribution in [0.25, 0.3) is 0 Å². The minimum atomic E-state index is -1.02. The first-order valence-corrected chi connectivity index (χ1v) is 12.1. The molecule has 0 bridgehead atoms. The number of hydrogen-bond acceptors (Lipinski definition) is 8. The molecule has 1 fully saturated rings. The van der Waals surface area contributed by atoms with Crippen molar-refractivity contribution in [2.45, 2.75) is 65.6 Å². The van der Waals surface area contributed by atoms with Gasteiger partial charge in [-0.2, -0.15) is 0 Å². The third kappa shape index (κ3) is 6.98. The Kier molecular flexibility index (Phi) is 9.34. The summed E-state index contributed by atoms with van der Waals surface area (Å²) in [5, 5.41) is 0.550. The Labute approximate surface area is 215 Å². The lowest BCUT2D eigenvalue weighted by Crippen LogP contribution is -2.54. The van der Waals surface area contributed by atoms with Gasteiger partial charge in [0.2, 0.25) is 6.29 Å². The van der Waals surface area contributed by atoms with E-state index in [-0.39, 0.29) is 0 Å². The molecule has 5 atom stereocenters. The predicted octanol–water partition coefficient (Wildman–Crippen LogP) is 4.79. The highest BCUT2D eigenvalue weighted by Gasteiger charge is 2.49. The number of carbonyl (C=O) groups excluding carboxylic acids is 3. The van der Waals surface area contributed by atoms with Gasteiger partial charge in [0, 0.05) is 25.8 Å². The molecule has 1 aliphatic rings. The average Bonchev–Trinajstić information content (AvgIpc) is 2.80. The molecule has 1 unspecified atom stereocenters. The van der Waals surface area contributed by atoms with Crippen LogP contribution in [0, 0.1) is 5.92 Å². The highest BCUT2D eigenvalue weighted by Crippen LogP contribution is 2.40. The van der Waals surface area contributed by atoms with Gasteiger partial charge in [-0.3, -0.25) is 14.4 Å². The molecule has 0 aromatic heterocycles. The molecule has 2 aromatic carbocycles. The van der Waals surface area contributed by atoms with E-state index in [0.29, 0.717) is 23.6 Å². The van der Waals surface area contributed by atoms with Crippen LogP contribution in [0.5, 0.6) is 5.75 Å². The number of hydrogen-bond donors (Lipinski definition) is 0. The Hall–Kier alpha value is -3.10. The van der Waals surface area contributed by atoms with E-state index >= 15 is 0 Å². The average molecular weight is 519 g/mol. The van der Waals surface area contributed by atoms with E-state index in [9.17, 15) is 14.4 Å². The van der Waals surface area contributed by atoms with Crippen LogP contribution < -0.4 is 4.74 Å². The number of carbonyl (C=O) groups is 3. The summed E-state index contributed by atoms with van der Waals surface area (Å²) in [6, 6.07) is 13.0. The van der Waals surface area contributed by atoms with Crippen LogP contribution in [-0.2, 0) is 39.8 Å². The van der Waals surface area contributed by atoms with E-state index in [1.807, 2.05) is 37.3 Å². The zero-order valence-electron chi connectivity index (χ0n) is 21.0. The Morgan fingerprint density at radius 3 is 2.08 bits per heavy atom. The second kappa shape index (κ2) is 12.2. The molecule has 1 heterocycles. The molecule has 36 heavy (non-hydrogen) atoms. The Morgan fingerprint density at radius 1 is 0.889 bits per heavy atom. The van der Waals surface area contributed by atoms with E-state index in [1.54, 1.807) is 19.1 Å². The van der Waals surface area contributed by atoms with Crippen LogP contribution in [-0.4, -0.2) is 43.0 Å². The molecule has 8 nitrogen and oxygen atoms in total. The lowest BCUT2D eigenvalue weighted by molar-refractivity contribution is -0.278. The zero-order chi connectivity index (χ0) is 26.4. The van der Waals surface area contributed by atoms with Crippen molar-refractivity contribution < 1.29 is 38.1 Å². The first-order valence-electron chi connectivity index (χ1n) is 11.8. The Balaban J connectivity index is 1.97. The van der Waals surface area contributed by atoms with Crippen molar-refractivity contribution in [3.05, 3.63) is 64.2 Å². The Morgan fingerprint density at radius 2 is 1.50 bits per heavy atom. The van der Waals surface area contributed by atoms with Crippen LogP contribution in [0.4, 0.5) is 0 Å². The number of ether oxygens (including phenoxy) is 5. The summed E-state index contributed by atoms with van der Waals surface area (Å²) in [5.74, 6) is -1.48. The SMILES string of the molecule is CCOc1ccc(Cc2cc([C@@H]3OC(OC(C)=O)[C@@H](C)[C@H](OC(C)=O)[C@H]3OC(C)=O)ccc2Cl)cc1. The summed E-state index contributed by atoms with van der Waals surface area (Å²) in [4.78, 5) is 35.6. The topological polar surface area (TPSA) is 97.4 Å². The molecule has 0 radical (unpaired) electrons. The minimum absolute atomic E-state index is 0.529. The number of halogens is 1. The molecule has 0 N–H and O–H groups in total. The fraction of sp³-hybridized carbons (Fsp3) is 0.444. The summed E-state index contributed by atoms with van der Waals surface area (Å²) in [6.07, 6.45) is -3.24. The van der Waals surface area contributed by atoms with E-state index in [2.05, 4.69) is 0 Å². The highest BCUT2D eigenvalue weighted by molar-refractivity contribution is 6.31. The largest absolute Gasteiger partial charge is 0.494 e. The lowest BCUT2D eigenvalue weighted by atomic mass is 9.87. The van der Waals surface area contributed by atoms with Gasteiger partial charge >= 0.3 is 17.9 Å². The van der Waals surface area contributed by atoms with E-state index < -0.39 is 48.4 Å². The smallest absolute Gasteiger partial charge is 0.304 e. The van der Waals surface area contributed by atoms with E-state index in [4.69, 9.17) is 35.3 Å². The van der Waals surface area contributed by atoms with Crippen molar-refractivity contribution in [2.24, 2.45) is 5.92 Å². The van der Waals surface area contributed by atoms with E-state index in [0.717, 1.165) is 16.9 Å². The molecule has 0 aliphatic carbocycles. The fourth-order valence-corrected chi connectivity index (χ4v) is 4.41. The zero-order valence-corrected chi connectivity index (χ0v) is 21.7. The van der Waals surface area contributed by atoms with Crippen LogP contribution in [0.1, 0.15) is 57.4 Å². The van der Waals surface area contributed by atoms with Gasteiger partial charge in [0.25, 0.3) is 0 Å². The van der Waals surface area contributed by atoms with Crippen LogP contribution in [0.2, 0.25) is 5.02 Å². The van der Waals surface area contributed by atoms with Crippen molar-refractivity contribution in [1.82, 2.24) is 0 Å². The summed E-state index contributed by atoms with van der Waals surface area (Å²) in [6.45, 7) is 8.01. The predicted molar refractivity (Wildman–Crippen MR) is 132 cm³/mol. The molecule has 0 spiro atoms. The first-order chi connectivity index (χ1) is 17.1. The van der Waals surface area contributed by atoms with Crippen molar-refractivity contribution in [1.29, 1.82) is 0 Å². The summed E-state index contributed by atoms with van der Waals surface area (Å²) < 4.78 is 28.1. The standard InChI is InChI=1S/C27H31ClO8/c1-6-32-22-10-7-19(8-11-22)13-21-14-20(9-12-23(21)28)25-26(34-17(4)30)24(33-16(3)29)15(2)27(36-25)35-18(5)31/h7-12,14-15,24-27H,6,13H2,1-5H3/t15-,24-,25-,26+,27?/m0/s1. The van der Waals surface area contributed by atoms with Crippen molar-refractivity contribution in [3.8, 4) is 5.75 Å². The number of benzene rings is 2. The monoisotopic (exact) mass is 518 g/mol. The lowest BCUT2D eigenvalue weighted by Gasteiger charge is -2.43. The third-order valence-corrected chi connectivity index (χ3v) is 6.13. The van der Waals surface area contributed by atoms with Gasteiger partial charge in [-0.15, -0.1) is 0 Å². The fourth-order valence-electron chi connectivity index (χ4n) is 4.22. The normalized spacial score (nSPS) is 23.4. The van der Waals surface area contributed by atoms with E-state index in [1.165, 1.54) is 20.8 Å². The van der Waals surface area contributed by atoms with Crippen molar-refractivity contribution >= 4 is 29.5 Å². The maximum atomic E-state index is 12.0. The second-order valence-corrected chi connectivity index (χ2v) is 9.05. The molecule has 1 aliphatic heterocycles. The molecule has 0 saturated carbocycles. The number of esters is 3. The molecular formula is C27H31ClO8. The van der Waals surface area contributed by atoms with Gasteiger partial charge < -0.3 is 23.7 Å². The Bertz CT molecular complexity index is 1080. The molecule has 2 aromatic rings. The quantitative estimate of drug-likeness (QED) is 0.363. The van der Waals surface area contributed by atoms with Crippen molar-refractivity contribution in [3.63, 3.8) is 0 Å². The summed E-state index contributed by atoms with van der Waals surface area (Å²) in [5.41, 5.74) is 2.46. The molecule has 9 heteroatoms. The third-order valence-electron chi connectivity index (χ3n) is 5.76. The second-order valence-electron chi connectivity index (χ2n) is 8.65. The summed E-state index contributed by atoms with van der Waals surface area (Å²) >= 11 is 6.52. The highest BCUT2D eigenvalue weighted by atomic mass is 35.5. The first kappa shape index (κ1) is 27.5. The molecule has 0 amide bonds. The maximum absolute atomic E-state index is 12.0. The van der Waals surface area contributed by atoms with Gasteiger partial charge in [0.15, 0.2) is 12.2 Å². The van der Waals surface area contributed by atoms with Crippen LogP contribution in [0.15, 0.2) is 42.5 Å². The minimum Gasteiger partial charge on any atom is -0.494 e. The molecule has 194 valence electrons. The van der Waals surface area contributed by atoms with Gasteiger partial charge in [-0.25, -0.2) is 0 Å². The van der Waals surface area contributed by atoms with Gasteiger partial charge in [0.05, 0.1) is 12.5 Å². The molecular weight excluding hydrogens is 488 g/mol. The molecule has 1 saturated heterocycles. The molecule has 3 rings (SSSR count). The van der Waals surface area contributed by atoms with Gasteiger partial charge in [-0.1, -0.05) is 42.8 Å². The van der Waals surface area contributed by atoms with Gasteiger partial charge in [-0.05, 0) is 48.2 Å². The number of rotatable bonds is 8. The van der Waals surface area contributed by atoms with Crippen molar-refractivity contribution in [2.75, 3.05) is 6.61 Å². The summed E-state index contributed by atoms with van der Waals surface area (Å²) in [7, 11) is 0. The van der Waals surface area contributed by atoms with Crippen LogP contribution in [0.3, 0.4) is 0 Å². The maximum Gasteiger partial charge on any atom is 0.304 e. The van der Waals surface area contributed by atoms with Crippen LogP contribution >= 0.6 is 11.6 Å².